The van der Waals surface area contributed by atoms with Crippen LogP contribution in [0.3, 0.4) is 0 Å². The van der Waals surface area contributed by atoms with Crippen molar-refractivity contribution in [2.24, 2.45) is 0 Å². The third-order valence-corrected chi connectivity index (χ3v) is 2.70. The number of halogens is 5. The Bertz CT molecular complexity index is 290. The van der Waals surface area contributed by atoms with Crippen LogP contribution in [0.2, 0.25) is 0 Å². The molecular weight excluding hydrogens is 291 g/mol. The molecular formula is C6H15F5N2O4S. The number of piperazine rings is 3. The highest BCUT2D eigenvalue weighted by Crippen LogP contribution is 2.26. The molecule has 18 heavy (non-hydrogen) atoms. The van der Waals surface area contributed by atoms with Gasteiger partial charge in [0.1, 0.15) is 0 Å². The Hall–Kier alpha value is -0.560. The fourth-order valence-electron chi connectivity index (χ4n) is 1.75. The van der Waals surface area contributed by atoms with Gasteiger partial charge in [-0.3, -0.25) is 14.0 Å². The number of hydrogen-bond acceptors (Lipinski definition) is 3. The molecule has 0 aromatic heterocycles. The Morgan fingerprint density at radius 1 is 0.889 bits per heavy atom. The molecule has 0 saturated carbocycles. The van der Waals surface area contributed by atoms with E-state index in [1.807, 2.05) is 0 Å². The van der Waals surface area contributed by atoms with Gasteiger partial charge < -0.3 is 9.26 Å². The Morgan fingerprint density at radius 2 is 1.00 bits per heavy atom. The number of fused-ring (bicyclic) bond motifs is 3. The predicted molar refractivity (Wildman–Crippen MR) is 49.3 cm³/mol. The molecule has 1 N–H and O–H groups in total. The van der Waals surface area contributed by atoms with Crippen molar-refractivity contribution in [1.29, 1.82) is 0 Å². The zero-order valence-electron chi connectivity index (χ0n) is 9.17. The average molecular weight is 306 g/mol. The van der Waals surface area contributed by atoms with Crippen LogP contribution >= 0.6 is 0 Å². The maximum atomic E-state index is 13.3. The van der Waals surface area contributed by atoms with Crippen molar-refractivity contribution in [2.75, 3.05) is 39.3 Å². The first-order valence-electron chi connectivity index (χ1n) is 4.42. The minimum absolute atomic E-state index is 0. The summed E-state index contributed by atoms with van der Waals surface area (Å²) in [6.07, 6.45) is 0. The normalized spacial score (nSPS) is 32.9. The molecule has 114 valence electrons. The molecule has 3 saturated heterocycles. The van der Waals surface area contributed by atoms with Crippen LogP contribution in [0.1, 0.15) is 0 Å². The summed E-state index contributed by atoms with van der Waals surface area (Å²) in [5, 5.41) is 0. The zero-order chi connectivity index (χ0) is 11.7. The summed E-state index contributed by atoms with van der Waals surface area (Å²) in [5.74, 6) is 0. The second kappa shape index (κ2) is 7.13. The first-order valence-corrected chi connectivity index (χ1v) is 5.78. The quantitative estimate of drug-likeness (QED) is 0.220. The zero-order valence-corrected chi connectivity index (χ0v) is 9.98. The Labute approximate surface area is 101 Å². The lowest BCUT2D eigenvalue weighted by molar-refractivity contribution is -1.19. The molecule has 6 nitrogen and oxygen atoms in total. The molecule has 3 rings (SSSR count). The Balaban J connectivity index is -0.000000252. The molecule has 0 amide bonds. The minimum atomic E-state index is -4.92. The van der Waals surface area contributed by atoms with Crippen LogP contribution in [-0.2, 0) is 10.4 Å². The minimum Gasteiger partial charge on any atom is -1.00 e. The summed E-state index contributed by atoms with van der Waals surface area (Å²) in [4.78, 5) is 0. The van der Waals surface area contributed by atoms with E-state index in [4.69, 9.17) is 17.5 Å². The van der Waals surface area contributed by atoms with E-state index < -0.39 is 10.4 Å². The molecule has 2 bridgehead atoms. The van der Waals surface area contributed by atoms with Crippen LogP contribution < -0.4 is 4.70 Å². The van der Waals surface area contributed by atoms with Crippen LogP contribution in [0.25, 0.3) is 0 Å². The van der Waals surface area contributed by atoms with E-state index in [1.54, 1.807) is 0 Å². The van der Waals surface area contributed by atoms with Crippen LogP contribution in [0.15, 0.2) is 0 Å². The van der Waals surface area contributed by atoms with E-state index in [-0.39, 0.29) is 23.5 Å². The van der Waals surface area contributed by atoms with Crippen molar-refractivity contribution in [3.05, 3.63) is 0 Å². The largest absolute Gasteiger partial charge is 1.00 e. The van der Waals surface area contributed by atoms with Gasteiger partial charge in [-0.2, -0.15) is 0 Å². The molecule has 12 heteroatoms. The van der Waals surface area contributed by atoms with Crippen molar-refractivity contribution in [3.63, 3.8) is 0 Å². The van der Waals surface area contributed by atoms with Gasteiger partial charge in [0.05, 0.1) is 0 Å². The second-order valence-corrected chi connectivity index (χ2v) is 4.68. The predicted octanol–water partition coefficient (Wildman–Crippen LogP) is -3.27. The molecule has 3 heterocycles. The monoisotopic (exact) mass is 306 g/mol. The summed E-state index contributed by atoms with van der Waals surface area (Å²) < 4.78 is 58.6. The lowest BCUT2D eigenvalue weighted by Crippen LogP contribution is -3.00. The third-order valence-electron chi connectivity index (χ3n) is 2.70. The highest BCUT2D eigenvalue weighted by molar-refractivity contribution is 7.79. The Kier molecular flexibility index (Phi) is 8.96. The first-order chi connectivity index (χ1) is 6.62. The van der Waals surface area contributed by atoms with Gasteiger partial charge in [0.25, 0.3) is 0 Å². The number of rotatable bonds is 0. The van der Waals surface area contributed by atoms with Crippen LogP contribution in [-0.4, -0.2) is 66.2 Å². The third kappa shape index (κ3) is 7.71. The number of hydrogen-bond donors (Lipinski definition) is 1. The molecule has 0 aromatic carbocycles. The van der Waals surface area contributed by atoms with E-state index in [9.17, 15) is 8.96 Å². The highest BCUT2D eigenvalue weighted by atomic mass is 32.3. The maximum Gasteiger partial charge on any atom is 0.215 e. The van der Waals surface area contributed by atoms with E-state index in [1.165, 1.54) is 0 Å². The van der Waals surface area contributed by atoms with Gasteiger partial charge in [-0.05, 0) is 8.96 Å². The second-order valence-electron chi connectivity index (χ2n) is 3.83. The summed E-state index contributed by atoms with van der Waals surface area (Å²) >= 11 is 0. The van der Waals surface area contributed by atoms with Gasteiger partial charge in [-0.1, -0.05) is 0 Å². The SMILES string of the molecule is F.F.F[N+]12CC[N+](F)(CC1)CC2.O=S(=O)([O-])O.[F-]. The Morgan fingerprint density at radius 3 is 1.11 bits per heavy atom. The molecule has 0 atom stereocenters. The lowest BCUT2D eigenvalue weighted by Gasteiger charge is -2.42. The molecule has 0 spiro atoms. The fraction of sp³-hybridized carbons (Fsp3) is 1.00. The maximum absolute atomic E-state index is 13.3. The van der Waals surface area contributed by atoms with Gasteiger partial charge in [0.15, 0.2) is 39.3 Å². The topological polar surface area (TPSA) is 77.4 Å². The van der Waals surface area contributed by atoms with E-state index in [2.05, 4.69) is 0 Å². The lowest BCUT2D eigenvalue weighted by atomic mass is 10.2. The van der Waals surface area contributed by atoms with Crippen LogP contribution in [0.5, 0.6) is 0 Å². The van der Waals surface area contributed by atoms with E-state index in [0.29, 0.717) is 39.3 Å². The van der Waals surface area contributed by atoms with Gasteiger partial charge >= 0.3 is 0 Å². The van der Waals surface area contributed by atoms with Crippen molar-refractivity contribution in [2.45, 2.75) is 0 Å². The molecule has 3 aliphatic heterocycles. The average Bonchev–Trinajstić information content (AvgIpc) is 2.05. The van der Waals surface area contributed by atoms with Gasteiger partial charge in [-0.25, -0.2) is 8.42 Å². The van der Waals surface area contributed by atoms with Crippen molar-refractivity contribution in [1.82, 2.24) is 0 Å². The van der Waals surface area contributed by atoms with Gasteiger partial charge in [-0.15, -0.1) is 9.41 Å². The smallest absolute Gasteiger partial charge is 0.215 e. The molecule has 0 unspecified atom stereocenters. The summed E-state index contributed by atoms with van der Waals surface area (Å²) in [5.41, 5.74) is 0. The molecule has 0 aromatic rings. The van der Waals surface area contributed by atoms with Gasteiger partial charge in [0.2, 0.25) is 10.4 Å². The molecule has 0 radical (unpaired) electrons. The highest BCUT2D eigenvalue weighted by Gasteiger charge is 2.52. The molecule has 0 aliphatic carbocycles. The van der Waals surface area contributed by atoms with Crippen LogP contribution in [0, 0.1) is 0 Å². The summed E-state index contributed by atoms with van der Waals surface area (Å²) in [7, 11) is -4.92. The number of quaternary nitrogens is 2. The first kappa shape index (κ1) is 22.6. The summed E-state index contributed by atoms with van der Waals surface area (Å²) in [6.45, 7) is 2.23. The standard InChI is InChI=1S/C6H12F2N2.3FH.H2O4S/c7-9-1-2-10(8,5-3-9)6-4-9;;;;1-5(2,3)4/h1-6H2;3*1H;(H2,1,2,3,4)/q+2;;;;/p-2. The number of nitrogens with zero attached hydrogens (tertiary/aromatic N) is 2. The van der Waals surface area contributed by atoms with Crippen molar-refractivity contribution < 1.29 is 50.0 Å². The van der Waals surface area contributed by atoms with E-state index >= 15 is 0 Å². The van der Waals surface area contributed by atoms with Crippen LogP contribution in [0.4, 0.5) is 18.4 Å². The fourth-order valence-corrected chi connectivity index (χ4v) is 1.75. The van der Waals surface area contributed by atoms with E-state index in [0.717, 1.165) is 0 Å². The van der Waals surface area contributed by atoms with Gasteiger partial charge in [0, 0.05) is 0 Å². The van der Waals surface area contributed by atoms with Crippen molar-refractivity contribution >= 4 is 10.4 Å². The molecule has 3 fully saturated rings. The molecule has 3 aliphatic rings. The van der Waals surface area contributed by atoms with Crippen molar-refractivity contribution in [3.8, 4) is 0 Å². The summed E-state index contributed by atoms with van der Waals surface area (Å²) in [6, 6.07) is 0.